The summed E-state index contributed by atoms with van der Waals surface area (Å²) in [6.45, 7) is 5.06. The molecule has 1 aliphatic rings. The van der Waals surface area contributed by atoms with Crippen LogP contribution < -0.4 is 10.8 Å². The second kappa shape index (κ2) is 9.23. The number of anilines is 2. The number of amides is 1. The number of likely N-dealkylation sites (tertiary alicyclic amines) is 1. The van der Waals surface area contributed by atoms with Crippen LogP contribution in [0.5, 0.6) is 0 Å². The Bertz CT molecular complexity index is 1030. The second-order valence-corrected chi connectivity index (χ2v) is 7.47. The highest BCUT2D eigenvalue weighted by molar-refractivity contribution is 6.06. The van der Waals surface area contributed by atoms with Crippen molar-refractivity contribution >= 4 is 28.3 Å². The Morgan fingerprint density at radius 3 is 2.90 bits per heavy atom. The molecule has 4 rings (SSSR count). The molecule has 30 heavy (non-hydrogen) atoms. The lowest BCUT2D eigenvalue weighted by Gasteiger charge is -2.25. The van der Waals surface area contributed by atoms with Crippen molar-refractivity contribution in [2.45, 2.75) is 26.2 Å². The molecule has 0 spiro atoms. The van der Waals surface area contributed by atoms with Gasteiger partial charge in [-0.15, -0.1) is 0 Å². The van der Waals surface area contributed by atoms with Crippen LogP contribution in [0.3, 0.4) is 0 Å². The maximum atomic E-state index is 14.4. The first kappa shape index (κ1) is 20.3. The van der Waals surface area contributed by atoms with Crippen molar-refractivity contribution in [3.63, 3.8) is 0 Å². The van der Waals surface area contributed by atoms with E-state index in [0.29, 0.717) is 23.3 Å². The number of fused-ring (bicyclic) bond motifs is 1. The van der Waals surface area contributed by atoms with Gasteiger partial charge in [-0.05, 0) is 56.6 Å². The smallest absolute Gasteiger partial charge is 0.312 e. The summed E-state index contributed by atoms with van der Waals surface area (Å²) in [6, 6.07) is 6.48. The van der Waals surface area contributed by atoms with Gasteiger partial charge in [-0.2, -0.15) is 0 Å². The minimum atomic E-state index is -0.542. The molecule has 1 fully saturated rings. The molecule has 0 unspecified atom stereocenters. The van der Waals surface area contributed by atoms with Gasteiger partial charge in [0, 0.05) is 18.9 Å². The van der Waals surface area contributed by atoms with E-state index in [-0.39, 0.29) is 11.4 Å². The summed E-state index contributed by atoms with van der Waals surface area (Å²) in [4.78, 5) is 24.5. The quantitative estimate of drug-likeness (QED) is 0.448. The van der Waals surface area contributed by atoms with Gasteiger partial charge in [0.2, 0.25) is 5.76 Å². The van der Waals surface area contributed by atoms with E-state index in [4.69, 9.17) is 9.25 Å². The molecule has 1 aliphatic heterocycles. The number of carbonyl (C=O) groups is 1. The molecule has 0 saturated carbocycles. The van der Waals surface area contributed by atoms with Gasteiger partial charge in [0.15, 0.2) is 0 Å². The van der Waals surface area contributed by atoms with E-state index in [9.17, 15) is 9.18 Å². The summed E-state index contributed by atoms with van der Waals surface area (Å²) < 4.78 is 20.1. The monoisotopic (exact) mass is 412 g/mol. The van der Waals surface area contributed by atoms with Gasteiger partial charge in [0.1, 0.15) is 17.1 Å². The molecule has 158 valence electrons. The first-order chi connectivity index (χ1) is 14.6. The van der Waals surface area contributed by atoms with Gasteiger partial charge in [-0.1, -0.05) is 12.5 Å². The molecule has 3 aromatic rings. The molecule has 1 amide bonds. The van der Waals surface area contributed by atoms with Crippen molar-refractivity contribution in [3.05, 3.63) is 53.8 Å². The Morgan fingerprint density at radius 1 is 1.27 bits per heavy atom. The maximum Gasteiger partial charge on any atom is 0.312 e. The van der Waals surface area contributed by atoms with Crippen LogP contribution in [0.15, 0.2) is 41.1 Å². The molecule has 1 saturated heterocycles. The second-order valence-electron chi connectivity index (χ2n) is 7.47. The van der Waals surface area contributed by atoms with Crippen molar-refractivity contribution in [1.29, 1.82) is 0 Å². The number of rotatable bonds is 7. The Kier molecular flexibility index (Phi) is 6.25. The molecular weight excluding hydrogens is 387 g/mol. The highest BCUT2D eigenvalue weighted by Crippen LogP contribution is 2.33. The van der Waals surface area contributed by atoms with Gasteiger partial charge in [-0.3, -0.25) is 14.6 Å². The number of pyridine rings is 1. The first-order valence-electron chi connectivity index (χ1n) is 10.2. The van der Waals surface area contributed by atoms with E-state index in [2.05, 4.69) is 20.7 Å². The van der Waals surface area contributed by atoms with Crippen molar-refractivity contribution < 1.29 is 18.4 Å². The standard InChI is InChI=1S/C22H25FN4O3/c1-15-5-6-18(17(23)13-15)25-20-16-14-24-8-7-19(16)30-21(20)22(28)26-29-12-11-27-9-3-2-4-10-27/h5-8,13-14,25H,2-4,9-12H2,1H3,(H,26,28). The van der Waals surface area contributed by atoms with Gasteiger partial charge < -0.3 is 14.6 Å². The fourth-order valence-electron chi connectivity index (χ4n) is 3.60. The number of nitrogens with one attached hydrogen (secondary N) is 2. The lowest BCUT2D eigenvalue weighted by Crippen LogP contribution is -2.35. The fourth-order valence-corrected chi connectivity index (χ4v) is 3.60. The van der Waals surface area contributed by atoms with Crippen LogP contribution in [0, 0.1) is 12.7 Å². The number of hydroxylamine groups is 1. The lowest BCUT2D eigenvalue weighted by atomic mass is 10.1. The third kappa shape index (κ3) is 4.60. The molecule has 0 atom stereocenters. The SMILES string of the molecule is Cc1ccc(Nc2c(C(=O)NOCCN3CCCCC3)oc3ccncc23)c(F)c1. The van der Waals surface area contributed by atoms with Crippen LogP contribution >= 0.6 is 0 Å². The number of piperidine rings is 1. The van der Waals surface area contributed by atoms with Crippen LogP contribution in [0.1, 0.15) is 35.4 Å². The summed E-state index contributed by atoms with van der Waals surface area (Å²) in [5.41, 5.74) is 4.30. The fraction of sp³-hybridized carbons (Fsp3) is 0.364. The zero-order valence-electron chi connectivity index (χ0n) is 16.9. The summed E-state index contributed by atoms with van der Waals surface area (Å²) in [6.07, 6.45) is 6.81. The van der Waals surface area contributed by atoms with Crippen molar-refractivity contribution in [3.8, 4) is 0 Å². The Morgan fingerprint density at radius 2 is 2.10 bits per heavy atom. The minimum absolute atomic E-state index is 0.0101. The molecule has 2 aromatic heterocycles. The van der Waals surface area contributed by atoms with E-state index in [0.717, 1.165) is 25.2 Å². The molecule has 8 heteroatoms. The number of hydrogen-bond donors (Lipinski definition) is 2. The van der Waals surface area contributed by atoms with Crippen molar-refractivity contribution in [2.75, 3.05) is 31.6 Å². The predicted octanol–water partition coefficient (Wildman–Crippen LogP) is 4.17. The third-order valence-electron chi connectivity index (χ3n) is 5.20. The summed E-state index contributed by atoms with van der Waals surface area (Å²) in [5, 5.41) is 3.56. The van der Waals surface area contributed by atoms with Crippen molar-refractivity contribution in [1.82, 2.24) is 15.4 Å². The number of aromatic nitrogens is 1. The molecule has 0 bridgehead atoms. The number of hydrogen-bond acceptors (Lipinski definition) is 6. The average Bonchev–Trinajstić information content (AvgIpc) is 3.12. The van der Waals surface area contributed by atoms with E-state index in [1.807, 2.05) is 6.92 Å². The van der Waals surface area contributed by atoms with E-state index in [1.165, 1.54) is 25.3 Å². The Hall–Kier alpha value is -2.97. The highest BCUT2D eigenvalue weighted by atomic mass is 19.1. The molecule has 3 heterocycles. The van der Waals surface area contributed by atoms with Crippen LogP contribution in [0.2, 0.25) is 0 Å². The largest absolute Gasteiger partial charge is 0.448 e. The normalized spacial score (nSPS) is 14.7. The number of aryl methyl sites for hydroxylation is 1. The predicted molar refractivity (Wildman–Crippen MR) is 112 cm³/mol. The highest BCUT2D eigenvalue weighted by Gasteiger charge is 2.22. The molecule has 0 aliphatic carbocycles. The molecule has 2 N–H and O–H groups in total. The maximum absolute atomic E-state index is 14.4. The van der Waals surface area contributed by atoms with E-state index >= 15 is 0 Å². The Labute approximate surface area is 174 Å². The molecule has 1 aromatic carbocycles. The third-order valence-corrected chi connectivity index (χ3v) is 5.20. The Balaban J connectivity index is 1.48. The van der Waals surface area contributed by atoms with E-state index in [1.54, 1.807) is 30.6 Å². The summed E-state index contributed by atoms with van der Waals surface area (Å²) >= 11 is 0. The number of furan rings is 1. The number of carbonyl (C=O) groups excluding carboxylic acids is 1. The number of benzene rings is 1. The van der Waals surface area contributed by atoms with Gasteiger partial charge in [-0.25, -0.2) is 9.87 Å². The zero-order chi connectivity index (χ0) is 20.9. The summed E-state index contributed by atoms with van der Waals surface area (Å²) in [7, 11) is 0. The molecular formula is C22H25FN4O3. The van der Waals surface area contributed by atoms with Gasteiger partial charge in [0.25, 0.3) is 0 Å². The number of halogens is 1. The van der Waals surface area contributed by atoms with Crippen molar-refractivity contribution in [2.24, 2.45) is 0 Å². The average molecular weight is 412 g/mol. The lowest BCUT2D eigenvalue weighted by molar-refractivity contribution is 0.0189. The van der Waals surface area contributed by atoms with Crippen LogP contribution in [0.25, 0.3) is 11.0 Å². The molecule has 7 nitrogen and oxygen atoms in total. The summed E-state index contributed by atoms with van der Waals surface area (Å²) in [5.74, 6) is -0.951. The van der Waals surface area contributed by atoms with Crippen LogP contribution in [-0.2, 0) is 4.84 Å². The zero-order valence-corrected chi connectivity index (χ0v) is 16.9. The minimum Gasteiger partial charge on any atom is -0.448 e. The molecule has 0 radical (unpaired) electrons. The van der Waals surface area contributed by atoms with Gasteiger partial charge >= 0.3 is 5.91 Å². The first-order valence-corrected chi connectivity index (χ1v) is 10.2. The topological polar surface area (TPSA) is 79.6 Å². The van der Waals surface area contributed by atoms with Crippen LogP contribution in [0.4, 0.5) is 15.8 Å². The van der Waals surface area contributed by atoms with E-state index < -0.39 is 11.7 Å². The van der Waals surface area contributed by atoms with Gasteiger partial charge in [0.05, 0.1) is 17.7 Å². The van der Waals surface area contributed by atoms with Crippen LogP contribution in [-0.4, -0.2) is 42.0 Å². The number of nitrogens with zero attached hydrogens (tertiary/aromatic N) is 2.